The van der Waals surface area contributed by atoms with Crippen LogP contribution in [0.2, 0.25) is 0 Å². The molecule has 8 heteroatoms. The second kappa shape index (κ2) is 8.08. The van der Waals surface area contributed by atoms with E-state index in [-0.39, 0.29) is 5.69 Å². The molecule has 0 spiro atoms. The summed E-state index contributed by atoms with van der Waals surface area (Å²) < 4.78 is 0. The van der Waals surface area contributed by atoms with Gasteiger partial charge in [-0.2, -0.15) is 5.26 Å². The van der Waals surface area contributed by atoms with Gasteiger partial charge in [0.05, 0.1) is 17.6 Å². The van der Waals surface area contributed by atoms with E-state index < -0.39 is 11.9 Å². The SMILES string of the molecule is CN[C@@H](CNc1cnc(C#N)c(Nc2cc(C)cc(C)n2)c1)C(N)=O. The Bertz CT molecular complexity index is 793. The molecule has 0 aromatic carbocycles. The number of nitriles is 1. The minimum Gasteiger partial charge on any atom is -0.382 e. The molecule has 0 unspecified atom stereocenters. The standard InChI is InChI=1S/C17H21N7O/c1-10-4-11(2)23-16(5-10)24-13-6-12(8-22-14(13)7-18)21-9-15(20-3)17(19)25/h4-6,8,15,20-21H,9H2,1-3H3,(H2,19,25)(H,23,24)/t15-/m0/s1. The molecular weight excluding hydrogens is 318 g/mol. The summed E-state index contributed by atoms with van der Waals surface area (Å²) in [5.41, 5.74) is 8.69. The van der Waals surface area contributed by atoms with Crippen LogP contribution in [0.25, 0.3) is 0 Å². The Morgan fingerprint density at radius 3 is 2.72 bits per heavy atom. The Morgan fingerprint density at radius 2 is 2.12 bits per heavy atom. The zero-order valence-corrected chi connectivity index (χ0v) is 14.4. The van der Waals surface area contributed by atoms with Crippen molar-refractivity contribution in [2.24, 2.45) is 5.73 Å². The Hall–Kier alpha value is -3.18. The van der Waals surface area contributed by atoms with Crippen molar-refractivity contribution >= 4 is 23.1 Å². The Morgan fingerprint density at radius 1 is 1.36 bits per heavy atom. The van der Waals surface area contributed by atoms with Crippen LogP contribution >= 0.6 is 0 Å². The maximum atomic E-state index is 11.3. The number of amides is 1. The quantitative estimate of drug-likeness (QED) is 0.596. The predicted molar refractivity (Wildman–Crippen MR) is 96.5 cm³/mol. The number of rotatable bonds is 7. The van der Waals surface area contributed by atoms with Gasteiger partial charge in [-0.3, -0.25) is 4.79 Å². The summed E-state index contributed by atoms with van der Waals surface area (Å²) in [7, 11) is 1.66. The lowest BCUT2D eigenvalue weighted by molar-refractivity contribution is -0.119. The highest BCUT2D eigenvalue weighted by atomic mass is 16.1. The van der Waals surface area contributed by atoms with E-state index in [1.807, 2.05) is 26.0 Å². The summed E-state index contributed by atoms with van der Waals surface area (Å²) in [6.07, 6.45) is 1.53. The fourth-order valence-electron chi connectivity index (χ4n) is 2.35. The van der Waals surface area contributed by atoms with Gasteiger partial charge in [-0.05, 0) is 44.7 Å². The van der Waals surface area contributed by atoms with Crippen LogP contribution in [0.5, 0.6) is 0 Å². The van der Waals surface area contributed by atoms with Gasteiger partial charge >= 0.3 is 0 Å². The van der Waals surface area contributed by atoms with E-state index in [0.29, 0.717) is 23.7 Å². The first-order valence-corrected chi connectivity index (χ1v) is 7.76. The van der Waals surface area contributed by atoms with Crippen LogP contribution < -0.4 is 21.7 Å². The third-order valence-electron chi connectivity index (χ3n) is 3.56. The molecule has 2 aromatic heterocycles. The van der Waals surface area contributed by atoms with Gasteiger partial charge in [0.2, 0.25) is 5.91 Å². The molecule has 0 radical (unpaired) electrons. The lowest BCUT2D eigenvalue weighted by Gasteiger charge is -2.15. The fourth-order valence-corrected chi connectivity index (χ4v) is 2.35. The number of nitrogens with zero attached hydrogens (tertiary/aromatic N) is 3. The maximum absolute atomic E-state index is 11.3. The fraction of sp³-hybridized carbons (Fsp3) is 0.294. The van der Waals surface area contributed by atoms with Crippen LogP contribution in [0.15, 0.2) is 24.4 Å². The first-order chi connectivity index (χ1) is 11.9. The summed E-state index contributed by atoms with van der Waals surface area (Å²) >= 11 is 0. The van der Waals surface area contributed by atoms with Crippen molar-refractivity contribution in [3.8, 4) is 6.07 Å². The summed E-state index contributed by atoms with van der Waals surface area (Å²) in [4.78, 5) is 19.8. The number of nitrogens with one attached hydrogen (secondary N) is 3. The van der Waals surface area contributed by atoms with Crippen molar-refractivity contribution in [3.63, 3.8) is 0 Å². The first-order valence-electron chi connectivity index (χ1n) is 7.76. The number of primary amides is 1. The highest BCUT2D eigenvalue weighted by Gasteiger charge is 2.13. The van der Waals surface area contributed by atoms with Gasteiger partial charge < -0.3 is 21.7 Å². The molecule has 8 nitrogen and oxygen atoms in total. The van der Waals surface area contributed by atoms with Crippen LogP contribution in [0.4, 0.5) is 17.2 Å². The molecule has 5 N–H and O–H groups in total. The van der Waals surface area contributed by atoms with Gasteiger partial charge in [-0.25, -0.2) is 9.97 Å². The predicted octanol–water partition coefficient (Wildman–Crippen LogP) is 1.19. The zero-order chi connectivity index (χ0) is 18.4. The molecule has 0 fully saturated rings. The topological polar surface area (TPSA) is 129 Å². The highest BCUT2D eigenvalue weighted by Crippen LogP contribution is 2.22. The summed E-state index contributed by atoms with van der Waals surface area (Å²) in [6, 6.07) is 7.15. The lowest BCUT2D eigenvalue weighted by atomic mass is 10.2. The van der Waals surface area contributed by atoms with Crippen molar-refractivity contribution in [2.45, 2.75) is 19.9 Å². The smallest absolute Gasteiger partial charge is 0.236 e. The molecule has 0 saturated heterocycles. The molecule has 0 bridgehead atoms. The van der Waals surface area contributed by atoms with E-state index in [9.17, 15) is 10.1 Å². The van der Waals surface area contributed by atoms with E-state index in [0.717, 1.165) is 11.3 Å². The van der Waals surface area contributed by atoms with E-state index in [1.54, 1.807) is 13.1 Å². The third kappa shape index (κ3) is 4.89. The summed E-state index contributed by atoms with van der Waals surface area (Å²) in [5, 5.41) is 18.3. The van der Waals surface area contributed by atoms with Crippen LogP contribution in [-0.2, 0) is 4.79 Å². The second-order valence-electron chi connectivity index (χ2n) is 5.65. The van der Waals surface area contributed by atoms with Crippen molar-refractivity contribution in [1.29, 1.82) is 5.26 Å². The lowest BCUT2D eigenvalue weighted by Crippen LogP contribution is -2.44. The largest absolute Gasteiger partial charge is 0.382 e. The Labute approximate surface area is 146 Å². The normalized spacial score (nSPS) is 11.4. The van der Waals surface area contributed by atoms with Crippen molar-refractivity contribution in [3.05, 3.63) is 41.3 Å². The molecule has 2 heterocycles. The first kappa shape index (κ1) is 18.2. The molecule has 130 valence electrons. The molecule has 2 rings (SSSR count). The summed E-state index contributed by atoms with van der Waals surface area (Å²) in [6.45, 7) is 4.19. The molecule has 1 atom stereocenters. The number of nitrogens with two attached hydrogens (primary N) is 1. The van der Waals surface area contributed by atoms with Gasteiger partial charge in [0.1, 0.15) is 17.9 Å². The average Bonchev–Trinajstić information content (AvgIpc) is 2.54. The zero-order valence-electron chi connectivity index (χ0n) is 14.4. The maximum Gasteiger partial charge on any atom is 0.236 e. The average molecular weight is 339 g/mol. The van der Waals surface area contributed by atoms with E-state index in [4.69, 9.17) is 5.73 Å². The minimum atomic E-state index is -0.506. The Balaban J connectivity index is 2.22. The molecule has 0 saturated carbocycles. The molecule has 25 heavy (non-hydrogen) atoms. The van der Waals surface area contributed by atoms with E-state index >= 15 is 0 Å². The molecule has 0 aliphatic rings. The van der Waals surface area contributed by atoms with Gasteiger partial charge in [0.25, 0.3) is 0 Å². The molecule has 0 aliphatic heterocycles. The number of aromatic nitrogens is 2. The van der Waals surface area contributed by atoms with Crippen molar-refractivity contribution in [2.75, 3.05) is 24.2 Å². The Kier molecular flexibility index (Phi) is 5.87. The number of pyridine rings is 2. The minimum absolute atomic E-state index is 0.256. The second-order valence-corrected chi connectivity index (χ2v) is 5.65. The van der Waals surface area contributed by atoms with Gasteiger partial charge in [-0.1, -0.05) is 0 Å². The molecular formula is C17H21N7O. The molecule has 1 amide bonds. The van der Waals surface area contributed by atoms with Crippen LogP contribution in [0, 0.1) is 25.2 Å². The van der Waals surface area contributed by atoms with Crippen molar-refractivity contribution in [1.82, 2.24) is 15.3 Å². The summed E-state index contributed by atoms with van der Waals surface area (Å²) in [5.74, 6) is 0.188. The number of carbonyl (C=O) groups excluding carboxylic acids is 1. The number of anilines is 3. The number of hydrogen-bond acceptors (Lipinski definition) is 7. The number of aryl methyl sites for hydroxylation is 2. The van der Waals surface area contributed by atoms with E-state index in [2.05, 4.69) is 32.0 Å². The van der Waals surface area contributed by atoms with E-state index in [1.165, 1.54) is 6.20 Å². The number of likely N-dealkylation sites (N-methyl/N-ethyl adjacent to an activating group) is 1. The molecule has 0 aliphatic carbocycles. The van der Waals surface area contributed by atoms with Crippen molar-refractivity contribution < 1.29 is 4.79 Å². The van der Waals surface area contributed by atoms with Crippen LogP contribution in [0.3, 0.4) is 0 Å². The van der Waals surface area contributed by atoms with Crippen LogP contribution in [0.1, 0.15) is 17.0 Å². The number of hydrogen-bond donors (Lipinski definition) is 4. The number of carbonyl (C=O) groups is 1. The van der Waals surface area contributed by atoms with Gasteiger partial charge in [0, 0.05) is 12.2 Å². The van der Waals surface area contributed by atoms with Gasteiger partial charge in [-0.15, -0.1) is 0 Å². The van der Waals surface area contributed by atoms with Crippen LogP contribution in [-0.4, -0.2) is 35.5 Å². The third-order valence-corrected chi connectivity index (χ3v) is 3.56. The molecule has 2 aromatic rings. The van der Waals surface area contributed by atoms with Gasteiger partial charge in [0.15, 0.2) is 5.69 Å². The highest BCUT2D eigenvalue weighted by molar-refractivity contribution is 5.80. The monoisotopic (exact) mass is 339 g/mol.